The van der Waals surface area contributed by atoms with Gasteiger partial charge in [-0.1, -0.05) is 12.1 Å². The van der Waals surface area contributed by atoms with Gasteiger partial charge in [0.15, 0.2) is 0 Å². The zero-order chi connectivity index (χ0) is 30.3. The molecule has 13 nitrogen and oxygen atoms in total. The highest BCUT2D eigenvalue weighted by atomic mass is 16.6. The number of carbonyl (C=O) groups excluding carboxylic acids is 3. The van der Waals surface area contributed by atoms with E-state index in [1.807, 2.05) is 0 Å². The Labute approximate surface area is 233 Å². The van der Waals surface area contributed by atoms with Crippen molar-refractivity contribution in [2.75, 3.05) is 31.1 Å². The molecule has 0 heterocycles. The van der Waals surface area contributed by atoms with Crippen molar-refractivity contribution in [2.45, 2.75) is 52.7 Å². The van der Waals surface area contributed by atoms with E-state index in [0.29, 0.717) is 30.1 Å². The molecular weight excluding hydrogens is 522 g/mol. The molecule has 3 amide bonds. The van der Waals surface area contributed by atoms with Crippen molar-refractivity contribution in [2.24, 2.45) is 0 Å². The Morgan fingerprint density at radius 3 is 1.62 bits per heavy atom. The molecule has 0 saturated carbocycles. The van der Waals surface area contributed by atoms with E-state index in [2.05, 4.69) is 27.0 Å². The minimum absolute atomic E-state index is 0.131. The fourth-order valence-corrected chi connectivity index (χ4v) is 2.69. The van der Waals surface area contributed by atoms with Crippen molar-refractivity contribution < 1.29 is 38.5 Å². The summed E-state index contributed by atoms with van der Waals surface area (Å²) in [6.45, 7) is 11.5. The summed E-state index contributed by atoms with van der Waals surface area (Å²) < 4.78 is 15.0. The number of methoxy groups -OCH3 is 1. The van der Waals surface area contributed by atoms with Crippen molar-refractivity contribution in [3.8, 4) is 0 Å². The zero-order valence-electron chi connectivity index (χ0n) is 23.8. The molecule has 13 heteroatoms. The molecule has 40 heavy (non-hydrogen) atoms. The molecule has 6 N–H and O–H groups in total. The summed E-state index contributed by atoms with van der Waals surface area (Å²) >= 11 is 0. The summed E-state index contributed by atoms with van der Waals surface area (Å²) in [7, 11) is 1.57. The third kappa shape index (κ3) is 15.0. The number of amides is 3. The maximum atomic E-state index is 11.9. The third-order valence-corrected chi connectivity index (χ3v) is 4.24. The number of anilines is 2. The third-order valence-electron chi connectivity index (χ3n) is 4.24. The average molecular weight is 562 g/mol. The molecule has 0 atom stereocenters. The van der Waals surface area contributed by atoms with Gasteiger partial charge >= 0.3 is 18.2 Å². The molecule has 0 aromatic heterocycles. The molecule has 0 unspecified atom stereocenters. The summed E-state index contributed by atoms with van der Waals surface area (Å²) in [6, 6.07) is 12.8. The predicted molar refractivity (Wildman–Crippen MR) is 150 cm³/mol. The Morgan fingerprint density at radius 1 is 0.750 bits per heavy atom. The highest BCUT2D eigenvalue weighted by molar-refractivity contribution is 5.95. The summed E-state index contributed by atoms with van der Waals surface area (Å²) in [5.74, 6) is -1.24. The summed E-state index contributed by atoms with van der Waals surface area (Å²) in [5.41, 5.74) is 10.5. The number of carboxylic acid groups (broad SMARTS) is 1. The zero-order valence-corrected chi connectivity index (χ0v) is 23.8. The van der Waals surface area contributed by atoms with Crippen LogP contribution in [0.5, 0.6) is 0 Å². The molecular formula is C27H39N5O8. The SMILES string of the molecule is CC(C)(C)OC(=O)NNc1cccc(C(=O)O)c1.COCCNC(=O)c1cccc(NNC(=O)OC(C)(C)C)c1. The number of hydrogen-bond donors (Lipinski definition) is 6. The highest BCUT2D eigenvalue weighted by Crippen LogP contribution is 2.12. The topological polar surface area (TPSA) is 176 Å². The normalized spacial score (nSPS) is 10.7. The molecule has 0 radical (unpaired) electrons. The lowest BCUT2D eigenvalue weighted by atomic mass is 10.2. The number of carbonyl (C=O) groups is 4. The second-order valence-corrected chi connectivity index (χ2v) is 10.2. The maximum absolute atomic E-state index is 11.9. The second-order valence-electron chi connectivity index (χ2n) is 10.2. The van der Waals surface area contributed by atoms with Gasteiger partial charge in [0.25, 0.3) is 5.91 Å². The lowest BCUT2D eigenvalue weighted by molar-refractivity contribution is 0.0529. The molecule has 0 saturated heterocycles. The predicted octanol–water partition coefficient (Wildman–Crippen LogP) is 4.15. The minimum atomic E-state index is -1.03. The van der Waals surface area contributed by atoms with Crippen LogP contribution in [-0.4, -0.2) is 60.6 Å². The van der Waals surface area contributed by atoms with Crippen LogP contribution >= 0.6 is 0 Å². The van der Waals surface area contributed by atoms with Crippen LogP contribution in [0, 0.1) is 0 Å². The van der Waals surface area contributed by atoms with Gasteiger partial charge < -0.3 is 24.6 Å². The minimum Gasteiger partial charge on any atom is -0.478 e. The van der Waals surface area contributed by atoms with Crippen molar-refractivity contribution in [1.82, 2.24) is 16.2 Å². The Bertz CT molecular complexity index is 1140. The first kappa shape index (κ1) is 33.5. The van der Waals surface area contributed by atoms with Gasteiger partial charge in [-0.2, -0.15) is 0 Å². The lowest BCUT2D eigenvalue weighted by Gasteiger charge is -2.20. The van der Waals surface area contributed by atoms with Crippen LogP contribution in [0.25, 0.3) is 0 Å². The van der Waals surface area contributed by atoms with Crippen molar-refractivity contribution in [1.29, 1.82) is 0 Å². The van der Waals surface area contributed by atoms with E-state index in [0.717, 1.165) is 0 Å². The number of aromatic carboxylic acids is 1. The molecule has 0 bridgehead atoms. The van der Waals surface area contributed by atoms with E-state index in [-0.39, 0.29) is 11.5 Å². The fraction of sp³-hybridized carbons (Fsp3) is 0.407. The van der Waals surface area contributed by atoms with Gasteiger partial charge in [-0.05, 0) is 77.9 Å². The lowest BCUT2D eigenvalue weighted by Crippen LogP contribution is -2.35. The van der Waals surface area contributed by atoms with E-state index in [1.165, 1.54) is 12.1 Å². The van der Waals surface area contributed by atoms with Crippen LogP contribution in [0.15, 0.2) is 48.5 Å². The van der Waals surface area contributed by atoms with E-state index < -0.39 is 29.4 Å². The first-order valence-corrected chi connectivity index (χ1v) is 12.3. The van der Waals surface area contributed by atoms with Gasteiger partial charge in [-0.15, -0.1) is 0 Å². The van der Waals surface area contributed by atoms with Crippen molar-refractivity contribution in [3.05, 3.63) is 59.7 Å². The summed E-state index contributed by atoms with van der Waals surface area (Å²) in [4.78, 5) is 45.5. The van der Waals surface area contributed by atoms with Gasteiger partial charge in [0.2, 0.25) is 0 Å². The van der Waals surface area contributed by atoms with Crippen LogP contribution in [0.4, 0.5) is 21.0 Å². The molecule has 0 aliphatic carbocycles. The van der Waals surface area contributed by atoms with E-state index in [1.54, 1.807) is 85.1 Å². The summed E-state index contributed by atoms with van der Waals surface area (Å²) in [5, 5.41) is 11.5. The quantitative estimate of drug-likeness (QED) is 0.193. The van der Waals surface area contributed by atoms with Crippen molar-refractivity contribution >= 4 is 35.4 Å². The molecule has 0 aliphatic heterocycles. The first-order chi connectivity index (χ1) is 18.6. The Balaban J connectivity index is 0.000000408. The van der Waals surface area contributed by atoms with Crippen LogP contribution in [0.2, 0.25) is 0 Å². The first-order valence-electron chi connectivity index (χ1n) is 12.3. The second kappa shape index (κ2) is 15.8. The van der Waals surface area contributed by atoms with Gasteiger partial charge in [-0.25, -0.2) is 25.2 Å². The van der Waals surface area contributed by atoms with E-state index >= 15 is 0 Å². The fourth-order valence-electron chi connectivity index (χ4n) is 2.69. The van der Waals surface area contributed by atoms with Gasteiger partial charge in [0.05, 0.1) is 23.5 Å². The van der Waals surface area contributed by atoms with Crippen molar-refractivity contribution in [3.63, 3.8) is 0 Å². The number of hydrogen-bond acceptors (Lipinski definition) is 9. The Morgan fingerprint density at radius 2 is 1.20 bits per heavy atom. The smallest absolute Gasteiger partial charge is 0.426 e. The molecule has 2 aromatic carbocycles. The van der Waals surface area contributed by atoms with Crippen LogP contribution in [-0.2, 0) is 14.2 Å². The molecule has 0 fully saturated rings. The molecule has 2 rings (SSSR count). The molecule has 0 spiro atoms. The van der Waals surface area contributed by atoms with E-state index in [4.69, 9.17) is 19.3 Å². The largest absolute Gasteiger partial charge is 0.478 e. The Hall–Kier alpha value is -4.52. The standard InChI is InChI=1S/C15H23N3O4.C12H16N2O4/c1-15(2,3)22-14(20)18-17-12-7-5-6-11(10-12)13(19)16-8-9-21-4;1-12(2,3)18-11(17)14-13-9-6-4-5-8(7-9)10(15)16/h5-7,10,17H,8-9H2,1-4H3,(H,16,19)(H,18,20);4-7,13H,1-3H3,(H,14,17)(H,15,16). The number of carboxylic acids is 1. The van der Waals surface area contributed by atoms with Gasteiger partial charge in [0.1, 0.15) is 11.2 Å². The number of rotatable bonds is 9. The highest BCUT2D eigenvalue weighted by Gasteiger charge is 2.17. The molecule has 220 valence electrons. The number of hydrazine groups is 2. The van der Waals surface area contributed by atoms with Crippen LogP contribution < -0.4 is 27.0 Å². The van der Waals surface area contributed by atoms with Gasteiger partial charge in [-0.3, -0.25) is 15.6 Å². The monoisotopic (exact) mass is 561 g/mol. The average Bonchev–Trinajstić information content (AvgIpc) is 2.85. The number of nitrogens with one attached hydrogen (secondary N) is 5. The Kier molecular flexibility index (Phi) is 13.2. The van der Waals surface area contributed by atoms with Gasteiger partial charge in [0, 0.05) is 19.2 Å². The number of ether oxygens (including phenoxy) is 3. The summed E-state index contributed by atoms with van der Waals surface area (Å²) in [6.07, 6.45) is -1.23. The van der Waals surface area contributed by atoms with Crippen LogP contribution in [0.3, 0.4) is 0 Å². The maximum Gasteiger partial charge on any atom is 0.426 e. The van der Waals surface area contributed by atoms with Crippen LogP contribution in [0.1, 0.15) is 62.3 Å². The number of benzene rings is 2. The molecule has 0 aliphatic rings. The molecule has 2 aromatic rings. The van der Waals surface area contributed by atoms with E-state index in [9.17, 15) is 19.2 Å².